The van der Waals surface area contributed by atoms with Gasteiger partial charge in [0.15, 0.2) is 0 Å². The van der Waals surface area contributed by atoms with Crippen LogP contribution in [0.25, 0.3) is 6.08 Å². The Labute approximate surface area is 70.9 Å². The second-order valence-electron chi connectivity index (χ2n) is 2.36. The Morgan fingerprint density at radius 2 is 2.33 bits per heavy atom. The van der Waals surface area contributed by atoms with Crippen LogP contribution in [-0.2, 0) is 0 Å². The summed E-state index contributed by atoms with van der Waals surface area (Å²) in [4.78, 5) is 3.65. The molecule has 0 unspecified atom stereocenters. The summed E-state index contributed by atoms with van der Waals surface area (Å²) in [6.45, 7) is 0.603. The number of hydrogen-bond acceptors (Lipinski definition) is 2. The Bertz CT molecular complexity index is 271. The molecule has 1 rings (SSSR count). The highest BCUT2D eigenvalue weighted by Crippen LogP contribution is 2.00. The summed E-state index contributed by atoms with van der Waals surface area (Å²) in [5.41, 5.74) is 5.91. The molecule has 0 aliphatic carbocycles. The summed E-state index contributed by atoms with van der Waals surface area (Å²) in [5, 5.41) is 0. The molecule has 2 N–H and O–H groups in total. The lowest BCUT2D eigenvalue weighted by molar-refractivity contribution is 0.582. The van der Waals surface area contributed by atoms with E-state index in [2.05, 4.69) is 4.98 Å². The van der Waals surface area contributed by atoms with Gasteiger partial charge in [0.2, 0.25) is 5.95 Å². The Balaban J connectivity index is 2.63. The van der Waals surface area contributed by atoms with Crippen LogP contribution in [0.4, 0.5) is 4.39 Å². The minimum atomic E-state index is -0.454. The fourth-order valence-electron chi connectivity index (χ4n) is 0.817. The van der Waals surface area contributed by atoms with Gasteiger partial charge < -0.3 is 5.73 Å². The van der Waals surface area contributed by atoms with Gasteiger partial charge in [0.1, 0.15) is 0 Å². The van der Waals surface area contributed by atoms with Gasteiger partial charge in [0.25, 0.3) is 0 Å². The van der Waals surface area contributed by atoms with E-state index >= 15 is 0 Å². The van der Waals surface area contributed by atoms with Gasteiger partial charge in [-0.15, -0.1) is 0 Å². The van der Waals surface area contributed by atoms with Crippen LogP contribution in [0.5, 0.6) is 0 Å². The van der Waals surface area contributed by atoms with Crippen LogP contribution in [0, 0.1) is 5.95 Å². The van der Waals surface area contributed by atoms with E-state index in [1.54, 1.807) is 18.2 Å². The van der Waals surface area contributed by atoms with Crippen LogP contribution in [-0.4, -0.2) is 11.5 Å². The number of rotatable bonds is 3. The zero-order valence-corrected chi connectivity index (χ0v) is 6.70. The second kappa shape index (κ2) is 4.62. The van der Waals surface area contributed by atoms with Crippen molar-refractivity contribution in [2.24, 2.45) is 5.73 Å². The molecule has 1 aromatic rings. The summed E-state index contributed by atoms with van der Waals surface area (Å²) in [5.74, 6) is -0.454. The third kappa shape index (κ3) is 2.80. The zero-order valence-electron chi connectivity index (χ0n) is 6.70. The second-order valence-corrected chi connectivity index (χ2v) is 2.36. The first-order chi connectivity index (χ1) is 5.83. The standard InChI is InChI=1S/C9H11FN2/c10-9-6-3-5-8(12-9)4-1-2-7-11/h1,3-6H,2,7,11H2. The quantitative estimate of drug-likeness (QED) is 0.692. The smallest absolute Gasteiger partial charge is 0.213 e. The fourth-order valence-corrected chi connectivity index (χ4v) is 0.817. The molecule has 1 aromatic heterocycles. The van der Waals surface area contributed by atoms with Crippen LogP contribution in [0.1, 0.15) is 12.1 Å². The van der Waals surface area contributed by atoms with E-state index in [4.69, 9.17) is 5.73 Å². The molecule has 0 saturated carbocycles. The van der Waals surface area contributed by atoms with Crippen molar-refractivity contribution >= 4 is 6.08 Å². The lowest BCUT2D eigenvalue weighted by Crippen LogP contribution is -1.95. The first kappa shape index (κ1) is 8.87. The maximum Gasteiger partial charge on any atom is 0.213 e. The predicted octanol–water partition coefficient (Wildman–Crippen LogP) is 1.58. The highest BCUT2D eigenvalue weighted by atomic mass is 19.1. The van der Waals surface area contributed by atoms with Gasteiger partial charge in [-0.2, -0.15) is 4.39 Å². The normalized spacial score (nSPS) is 10.8. The van der Waals surface area contributed by atoms with Crippen molar-refractivity contribution in [1.82, 2.24) is 4.98 Å². The van der Waals surface area contributed by atoms with Crippen molar-refractivity contribution in [3.8, 4) is 0 Å². The van der Waals surface area contributed by atoms with Crippen LogP contribution >= 0.6 is 0 Å². The van der Waals surface area contributed by atoms with Crippen LogP contribution in [0.3, 0.4) is 0 Å². The monoisotopic (exact) mass is 166 g/mol. The molecule has 0 aromatic carbocycles. The molecule has 0 atom stereocenters. The molecule has 64 valence electrons. The van der Waals surface area contributed by atoms with E-state index in [0.717, 1.165) is 6.42 Å². The molecule has 12 heavy (non-hydrogen) atoms. The van der Waals surface area contributed by atoms with E-state index in [1.807, 2.05) is 6.08 Å². The molecule has 0 aliphatic rings. The maximum absolute atomic E-state index is 12.5. The highest BCUT2D eigenvalue weighted by molar-refractivity contribution is 5.43. The van der Waals surface area contributed by atoms with Crippen molar-refractivity contribution in [2.45, 2.75) is 6.42 Å². The molecule has 0 spiro atoms. The zero-order chi connectivity index (χ0) is 8.81. The first-order valence-corrected chi connectivity index (χ1v) is 3.82. The van der Waals surface area contributed by atoms with Crippen molar-refractivity contribution < 1.29 is 4.39 Å². The molecule has 0 radical (unpaired) electrons. The topological polar surface area (TPSA) is 38.9 Å². The van der Waals surface area contributed by atoms with Gasteiger partial charge in [-0.1, -0.05) is 12.1 Å². The van der Waals surface area contributed by atoms with Crippen LogP contribution in [0.2, 0.25) is 0 Å². The van der Waals surface area contributed by atoms with Gasteiger partial charge in [-0.25, -0.2) is 4.98 Å². The first-order valence-electron chi connectivity index (χ1n) is 3.82. The maximum atomic E-state index is 12.5. The van der Waals surface area contributed by atoms with Crippen LogP contribution in [0.15, 0.2) is 24.3 Å². The number of aromatic nitrogens is 1. The van der Waals surface area contributed by atoms with Gasteiger partial charge in [0.05, 0.1) is 5.69 Å². The summed E-state index contributed by atoms with van der Waals surface area (Å²) < 4.78 is 12.5. The van der Waals surface area contributed by atoms with E-state index < -0.39 is 5.95 Å². The Morgan fingerprint density at radius 1 is 1.50 bits per heavy atom. The van der Waals surface area contributed by atoms with E-state index in [9.17, 15) is 4.39 Å². The summed E-state index contributed by atoms with van der Waals surface area (Å²) in [7, 11) is 0. The number of hydrogen-bond donors (Lipinski definition) is 1. The minimum Gasteiger partial charge on any atom is -0.330 e. The predicted molar refractivity (Wildman–Crippen MR) is 46.9 cm³/mol. The number of halogens is 1. The van der Waals surface area contributed by atoms with E-state index in [0.29, 0.717) is 12.2 Å². The molecule has 0 amide bonds. The lowest BCUT2D eigenvalue weighted by atomic mass is 10.3. The molecular weight excluding hydrogens is 155 g/mol. The van der Waals surface area contributed by atoms with Gasteiger partial charge in [-0.05, 0) is 31.2 Å². The Kier molecular flexibility index (Phi) is 3.41. The SMILES string of the molecule is NCCC=Cc1cccc(F)n1. The summed E-state index contributed by atoms with van der Waals surface area (Å²) >= 11 is 0. The minimum absolute atomic E-state index is 0.454. The van der Waals surface area contributed by atoms with Gasteiger partial charge in [-0.3, -0.25) is 0 Å². The average molecular weight is 166 g/mol. The number of nitrogens with zero attached hydrogens (tertiary/aromatic N) is 1. The van der Waals surface area contributed by atoms with Gasteiger partial charge in [0, 0.05) is 0 Å². The summed E-state index contributed by atoms with van der Waals surface area (Å²) in [6.07, 6.45) is 4.43. The Hall–Kier alpha value is -1.22. The molecule has 0 saturated heterocycles. The molecule has 0 fully saturated rings. The van der Waals surface area contributed by atoms with E-state index in [1.165, 1.54) is 6.07 Å². The molecule has 1 heterocycles. The van der Waals surface area contributed by atoms with E-state index in [-0.39, 0.29) is 0 Å². The molecular formula is C9H11FN2. The van der Waals surface area contributed by atoms with Crippen molar-refractivity contribution in [2.75, 3.05) is 6.54 Å². The molecule has 3 heteroatoms. The Morgan fingerprint density at radius 3 is 3.00 bits per heavy atom. The molecule has 0 aliphatic heterocycles. The number of nitrogens with two attached hydrogens (primary N) is 1. The molecule has 0 bridgehead atoms. The average Bonchev–Trinajstić information content (AvgIpc) is 2.05. The van der Waals surface area contributed by atoms with Crippen molar-refractivity contribution in [3.05, 3.63) is 35.9 Å². The summed E-state index contributed by atoms with van der Waals surface area (Å²) in [6, 6.07) is 4.70. The lowest BCUT2D eigenvalue weighted by Gasteiger charge is -1.91. The number of pyridine rings is 1. The highest BCUT2D eigenvalue weighted by Gasteiger charge is 1.90. The van der Waals surface area contributed by atoms with Crippen LogP contribution < -0.4 is 5.73 Å². The van der Waals surface area contributed by atoms with Crippen molar-refractivity contribution in [3.63, 3.8) is 0 Å². The largest absolute Gasteiger partial charge is 0.330 e. The third-order valence-corrected chi connectivity index (χ3v) is 1.36. The molecule has 2 nitrogen and oxygen atoms in total. The van der Waals surface area contributed by atoms with Crippen molar-refractivity contribution in [1.29, 1.82) is 0 Å². The van der Waals surface area contributed by atoms with Gasteiger partial charge >= 0.3 is 0 Å². The fraction of sp³-hybridized carbons (Fsp3) is 0.222. The third-order valence-electron chi connectivity index (χ3n) is 1.36.